The van der Waals surface area contributed by atoms with Crippen LogP contribution in [0.1, 0.15) is 21.7 Å². The van der Waals surface area contributed by atoms with Crippen molar-refractivity contribution < 1.29 is 19.1 Å². The second-order valence-corrected chi connectivity index (χ2v) is 8.44. The number of ether oxygens (including phenoxy) is 2. The van der Waals surface area contributed by atoms with Gasteiger partial charge in [-0.05, 0) is 54.3 Å². The number of thiophene rings is 1. The van der Waals surface area contributed by atoms with Crippen molar-refractivity contribution in [2.24, 2.45) is 0 Å². The zero-order valence-corrected chi connectivity index (χ0v) is 20.4. The molecule has 0 aliphatic heterocycles. The fourth-order valence-corrected chi connectivity index (χ4v) is 3.93. The normalized spacial score (nSPS) is 11.0. The summed E-state index contributed by atoms with van der Waals surface area (Å²) in [5.74, 6) is 0.199. The molecule has 1 heterocycles. The predicted octanol–water partition coefficient (Wildman–Crippen LogP) is 4.18. The molecule has 2 N–H and O–H groups in total. The Morgan fingerprint density at radius 3 is 2.44 bits per heavy atom. The number of rotatable bonds is 11. The van der Waals surface area contributed by atoms with Crippen LogP contribution in [0.15, 0.2) is 71.7 Å². The number of hydrogen-bond donors (Lipinski definition) is 2. The molecule has 0 spiro atoms. The molecule has 7 nitrogen and oxygen atoms in total. The highest BCUT2D eigenvalue weighted by molar-refractivity contribution is 7.10. The van der Waals surface area contributed by atoms with E-state index < -0.39 is 5.91 Å². The minimum Gasteiger partial charge on any atom is -0.493 e. The number of benzene rings is 2. The lowest BCUT2D eigenvalue weighted by molar-refractivity contribution is -0.117. The summed E-state index contributed by atoms with van der Waals surface area (Å²) < 4.78 is 10.5. The molecular weight excluding hydrogens is 450 g/mol. The van der Waals surface area contributed by atoms with Crippen molar-refractivity contribution in [1.29, 1.82) is 0 Å². The van der Waals surface area contributed by atoms with Gasteiger partial charge in [0.2, 0.25) is 0 Å². The lowest BCUT2D eigenvalue weighted by Crippen LogP contribution is -2.36. The number of carbonyl (C=O) groups excluding carboxylic acids is 2. The monoisotopic (exact) mass is 479 g/mol. The van der Waals surface area contributed by atoms with Gasteiger partial charge in [-0.2, -0.15) is 0 Å². The van der Waals surface area contributed by atoms with E-state index in [4.69, 9.17) is 9.47 Å². The van der Waals surface area contributed by atoms with Crippen molar-refractivity contribution in [3.63, 3.8) is 0 Å². The fraction of sp³-hybridized carbons (Fsp3) is 0.231. The van der Waals surface area contributed by atoms with E-state index in [1.54, 1.807) is 24.3 Å². The molecule has 0 fully saturated rings. The van der Waals surface area contributed by atoms with Gasteiger partial charge in [-0.3, -0.25) is 9.59 Å². The summed E-state index contributed by atoms with van der Waals surface area (Å²) in [6.45, 7) is 1.26. The van der Waals surface area contributed by atoms with Crippen LogP contribution in [0, 0.1) is 0 Å². The van der Waals surface area contributed by atoms with Crippen molar-refractivity contribution >= 4 is 34.9 Å². The maximum atomic E-state index is 12.9. The highest BCUT2D eigenvalue weighted by Gasteiger charge is 2.16. The highest BCUT2D eigenvalue weighted by atomic mass is 32.1. The number of hydrogen-bond acceptors (Lipinski definition) is 6. The third-order valence-electron chi connectivity index (χ3n) is 5.12. The van der Waals surface area contributed by atoms with Crippen molar-refractivity contribution in [1.82, 2.24) is 10.6 Å². The smallest absolute Gasteiger partial charge is 0.267 e. The van der Waals surface area contributed by atoms with E-state index in [-0.39, 0.29) is 11.6 Å². The van der Waals surface area contributed by atoms with E-state index in [9.17, 15) is 9.59 Å². The van der Waals surface area contributed by atoms with Gasteiger partial charge < -0.3 is 25.0 Å². The largest absolute Gasteiger partial charge is 0.493 e. The minimum absolute atomic E-state index is 0.179. The predicted molar refractivity (Wildman–Crippen MR) is 137 cm³/mol. The Morgan fingerprint density at radius 2 is 1.76 bits per heavy atom. The van der Waals surface area contributed by atoms with Crippen LogP contribution in [0.3, 0.4) is 0 Å². The zero-order chi connectivity index (χ0) is 24.3. The lowest BCUT2D eigenvalue weighted by Gasteiger charge is -2.19. The highest BCUT2D eigenvalue weighted by Crippen LogP contribution is 2.27. The summed E-state index contributed by atoms with van der Waals surface area (Å²) in [5, 5.41) is 7.57. The van der Waals surface area contributed by atoms with Gasteiger partial charge >= 0.3 is 0 Å². The Labute approximate surface area is 204 Å². The molecule has 1 aromatic heterocycles. The van der Waals surface area contributed by atoms with Gasteiger partial charge in [-0.1, -0.05) is 24.3 Å². The van der Waals surface area contributed by atoms with Gasteiger partial charge in [0.15, 0.2) is 11.5 Å². The maximum Gasteiger partial charge on any atom is 0.267 e. The van der Waals surface area contributed by atoms with Crippen LogP contribution in [0.2, 0.25) is 0 Å². The molecule has 0 saturated carbocycles. The van der Waals surface area contributed by atoms with Gasteiger partial charge in [-0.15, -0.1) is 11.3 Å². The van der Waals surface area contributed by atoms with Crippen molar-refractivity contribution in [3.05, 3.63) is 82.2 Å². The third kappa shape index (κ3) is 6.86. The Morgan fingerprint density at radius 1 is 1.00 bits per heavy atom. The first-order valence-electron chi connectivity index (χ1n) is 10.8. The summed E-state index contributed by atoms with van der Waals surface area (Å²) >= 11 is 1.48. The summed E-state index contributed by atoms with van der Waals surface area (Å²) in [5.41, 5.74) is 1.65. The number of nitrogens with zero attached hydrogens (tertiary/aromatic N) is 1. The average molecular weight is 480 g/mol. The maximum absolute atomic E-state index is 12.9. The topological polar surface area (TPSA) is 79.9 Å². The van der Waals surface area contributed by atoms with E-state index in [0.717, 1.165) is 23.5 Å². The molecule has 0 aliphatic carbocycles. The van der Waals surface area contributed by atoms with Crippen LogP contribution in [-0.2, 0) is 4.79 Å². The summed E-state index contributed by atoms with van der Waals surface area (Å²) in [6.07, 6.45) is 2.43. The van der Waals surface area contributed by atoms with Crippen molar-refractivity contribution in [3.8, 4) is 11.5 Å². The number of para-hydroxylation sites is 1. The number of anilines is 1. The fourth-order valence-electron chi connectivity index (χ4n) is 3.27. The summed E-state index contributed by atoms with van der Waals surface area (Å²) in [7, 11) is 5.05. The lowest BCUT2D eigenvalue weighted by atomic mass is 10.1. The second kappa shape index (κ2) is 12.5. The van der Waals surface area contributed by atoms with E-state index in [2.05, 4.69) is 15.5 Å². The quantitative estimate of drug-likeness (QED) is 0.319. The van der Waals surface area contributed by atoms with Crippen molar-refractivity contribution in [2.45, 2.75) is 6.42 Å². The van der Waals surface area contributed by atoms with Crippen LogP contribution in [0.5, 0.6) is 11.5 Å². The van der Waals surface area contributed by atoms with Gasteiger partial charge in [0, 0.05) is 36.3 Å². The molecule has 0 atom stereocenters. The van der Waals surface area contributed by atoms with E-state index >= 15 is 0 Å². The molecule has 8 heteroatoms. The molecule has 2 amide bonds. The standard InChI is InChI=1S/C26H29N3O4S/c1-29(20-9-5-4-6-10-20)15-8-14-27-26(31)22(18-21-11-7-16-34-21)28-25(30)19-12-13-23(32-2)24(17-19)33-3/h4-7,9-13,16-18H,8,14-15H2,1-3H3,(H,27,31)(H,28,30)/b22-18-. The van der Waals surface area contributed by atoms with Crippen LogP contribution >= 0.6 is 11.3 Å². The second-order valence-electron chi connectivity index (χ2n) is 7.46. The molecule has 2 aromatic carbocycles. The molecule has 3 aromatic rings. The van der Waals surface area contributed by atoms with Gasteiger partial charge in [0.1, 0.15) is 5.70 Å². The van der Waals surface area contributed by atoms with Crippen LogP contribution in [0.25, 0.3) is 6.08 Å². The van der Waals surface area contributed by atoms with Gasteiger partial charge in [-0.25, -0.2) is 0 Å². The molecule has 3 rings (SSSR count). The summed E-state index contributed by atoms with van der Waals surface area (Å²) in [4.78, 5) is 28.8. The Bertz CT molecular complexity index is 1110. The Balaban J connectivity index is 1.64. The molecule has 0 radical (unpaired) electrons. The van der Waals surface area contributed by atoms with Crippen LogP contribution in [-0.4, -0.2) is 46.2 Å². The van der Waals surface area contributed by atoms with E-state index in [0.29, 0.717) is 23.6 Å². The van der Waals surface area contributed by atoms with Gasteiger partial charge in [0.25, 0.3) is 11.8 Å². The summed E-state index contributed by atoms with van der Waals surface area (Å²) in [6, 6.07) is 18.7. The molecule has 0 aliphatic rings. The zero-order valence-electron chi connectivity index (χ0n) is 19.5. The van der Waals surface area contributed by atoms with Gasteiger partial charge in [0.05, 0.1) is 14.2 Å². The first-order chi connectivity index (χ1) is 16.5. The van der Waals surface area contributed by atoms with E-state index in [1.165, 1.54) is 25.6 Å². The SMILES string of the molecule is COc1ccc(C(=O)N/C(=C\c2cccs2)C(=O)NCCCN(C)c2ccccc2)cc1OC. The molecule has 0 unspecified atom stereocenters. The molecule has 178 valence electrons. The Hall–Kier alpha value is -3.78. The minimum atomic E-state index is -0.414. The van der Waals surface area contributed by atoms with Crippen molar-refractivity contribution in [2.75, 3.05) is 39.3 Å². The van der Waals surface area contributed by atoms with Crippen LogP contribution < -0.4 is 25.0 Å². The molecule has 34 heavy (non-hydrogen) atoms. The van der Waals surface area contributed by atoms with Crippen LogP contribution in [0.4, 0.5) is 5.69 Å². The number of amides is 2. The number of carbonyl (C=O) groups is 2. The molecule has 0 bridgehead atoms. The number of nitrogens with one attached hydrogen (secondary N) is 2. The third-order valence-corrected chi connectivity index (χ3v) is 5.94. The van der Waals surface area contributed by atoms with E-state index in [1.807, 2.05) is 54.9 Å². The number of methoxy groups -OCH3 is 2. The first kappa shape index (κ1) is 24.9. The average Bonchev–Trinajstić information content (AvgIpc) is 3.39. The molecule has 0 saturated heterocycles. The Kier molecular flexibility index (Phi) is 9.11. The first-order valence-corrected chi connectivity index (χ1v) is 11.7. The molecular formula is C26H29N3O4S.